The van der Waals surface area contributed by atoms with Crippen molar-refractivity contribution in [2.75, 3.05) is 0 Å². The van der Waals surface area contributed by atoms with Gasteiger partial charge in [0.1, 0.15) is 0 Å². The number of rotatable bonds is 0. The quantitative estimate of drug-likeness (QED) is 0.537. The zero-order chi connectivity index (χ0) is 9.90. The molecule has 0 aromatic carbocycles. The van der Waals surface area contributed by atoms with E-state index in [0.717, 1.165) is 5.57 Å². The molecular weight excluding hydrogens is 179 g/mol. The maximum absolute atomic E-state index is 12.2. The molecule has 0 aromatic heterocycles. The lowest BCUT2D eigenvalue weighted by Crippen LogP contribution is -2.25. The number of alkyl halides is 3. The number of hydrogen-bond acceptors (Lipinski definition) is 1. The molecule has 0 bridgehead atoms. The van der Waals surface area contributed by atoms with E-state index in [2.05, 4.69) is 0 Å². The fraction of sp³-hybridized carbons (Fsp3) is 0.667. The van der Waals surface area contributed by atoms with Crippen molar-refractivity contribution in [1.82, 2.24) is 0 Å². The Labute approximate surface area is 74.9 Å². The predicted molar refractivity (Wildman–Crippen MR) is 41.7 cm³/mol. The van der Waals surface area contributed by atoms with Gasteiger partial charge in [-0.25, -0.2) is 0 Å². The van der Waals surface area contributed by atoms with Crippen LogP contribution < -0.4 is 0 Å². The molecule has 13 heavy (non-hydrogen) atoms. The first-order valence-electron chi connectivity index (χ1n) is 4.18. The van der Waals surface area contributed by atoms with Gasteiger partial charge in [0.05, 0.1) is 12.0 Å². The summed E-state index contributed by atoms with van der Waals surface area (Å²) in [5.74, 6) is -1.16. The molecule has 4 heteroatoms. The van der Waals surface area contributed by atoms with Crippen LogP contribution in [-0.2, 0) is 0 Å². The Balaban J connectivity index is 2.49. The molecule has 0 spiro atoms. The molecule has 1 nitrogen and oxygen atoms in total. The van der Waals surface area contributed by atoms with Gasteiger partial charge < -0.3 is 0 Å². The molecule has 1 saturated carbocycles. The third kappa shape index (κ3) is 2.76. The summed E-state index contributed by atoms with van der Waals surface area (Å²) in [6.07, 6.45) is -1.59. The van der Waals surface area contributed by atoms with Crippen molar-refractivity contribution in [3.8, 4) is 6.07 Å². The lowest BCUT2D eigenvalue weighted by molar-refractivity contribution is -0.179. The summed E-state index contributed by atoms with van der Waals surface area (Å²) < 4.78 is 36.5. The van der Waals surface area contributed by atoms with Gasteiger partial charge in [0.2, 0.25) is 0 Å². The summed E-state index contributed by atoms with van der Waals surface area (Å²) in [5, 5.41) is 8.30. The van der Waals surface area contributed by atoms with E-state index in [1.54, 1.807) is 0 Å². The third-order valence-electron chi connectivity index (χ3n) is 2.36. The zero-order valence-electron chi connectivity index (χ0n) is 7.06. The van der Waals surface area contributed by atoms with Crippen LogP contribution in [0, 0.1) is 17.2 Å². The molecule has 1 rings (SSSR count). The SMILES string of the molecule is N#CC=C1CCC(C(F)(F)F)CC1. The molecule has 0 atom stereocenters. The van der Waals surface area contributed by atoms with E-state index in [1.807, 2.05) is 6.07 Å². The van der Waals surface area contributed by atoms with Crippen LogP contribution in [0.1, 0.15) is 25.7 Å². The molecule has 0 aliphatic heterocycles. The number of nitrogens with zero attached hydrogens (tertiary/aromatic N) is 1. The molecule has 1 aliphatic carbocycles. The normalized spacial score (nSPS) is 23.8. The highest BCUT2D eigenvalue weighted by Crippen LogP contribution is 2.38. The van der Waals surface area contributed by atoms with Crippen LogP contribution in [-0.4, -0.2) is 6.18 Å². The van der Waals surface area contributed by atoms with E-state index >= 15 is 0 Å². The third-order valence-corrected chi connectivity index (χ3v) is 2.36. The monoisotopic (exact) mass is 189 g/mol. The number of hydrogen-bond donors (Lipinski definition) is 0. The van der Waals surface area contributed by atoms with Crippen LogP contribution in [0.25, 0.3) is 0 Å². The molecule has 0 aromatic rings. The molecule has 72 valence electrons. The van der Waals surface area contributed by atoms with Crippen molar-refractivity contribution in [2.45, 2.75) is 31.9 Å². The number of halogens is 3. The Morgan fingerprint density at radius 3 is 2.23 bits per heavy atom. The van der Waals surface area contributed by atoms with Gasteiger partial charge >= 0.3 is 6.18 Å². The first-order valence-corrected chi connectivity index (χ1v) is 4.18. The van der Waals surface area contributed by atoms with Crippen LogP contribution in [0.15, 0.2) is 11.6 Å². The molecule has 1 fully saturated rings. The minimum atomic E-state index is -4.06. The predicted octanol–water partition coefficient (Wildman–Crippen LogP) is 3.19. The standard InChI is InChI=1S/C9H10F3N/c10-9(11,12)8-3-1-7(2-4-8)5-6-13/h5,8H,1-4H2. The summed E-state index contributed by atoms with van der Waals surface area (Å²) in [6, 6.07) is 1.85. The van der Waals surface area contributed by atoms with E-state index in [0.29, 0.717) is 12.8 Å². The van der Waals surface area contributed by atoms with Gasteiger partial charge in [-0.2, -0.15) is 18.4 Å². The average molecular weight is 189 g/mol. The summed E-state index contributed by atoms with van der Waals surface area (Å²) in [5.41, 5.74) is 0.850. The molecule has 0 heterocycles. The smallest absolute Gasteiger partial charge is 0.193 e. The fourth-order valence-electron chi connectivity index (χ4n) is 1.55. The lowest BCUT2D eigenvalue weighted by Gasteiger charge is -2.25. The van der Waals surface area contributed by atoms with Crippen molar-refractivity contribution in [3.63, 3.8) is 0 Å². The highest BCUT2D eigenvalue weighted by atomic mass is 19.4. The molecule has 0 unspecified atom stereocenters. The van der Waals surface area contributed by atoms with E-state index in [4.69, 9.17) is 5.26 Å². The van der Waals surface area contributed by atoms with Crippen molar-refractivity contribution in [2.24, 2.45) is 5.92 Å². The van der Waals surface area contributed by atoms with Gasteiger partial charge in [-0.3, -0.25) is 0 Å². The summed E-state index contributed by atoms with van der Waals surface area (Å²) >= 11 is 0. The van der Waals surface area contributed by atoms with Gasteiger partial charge in [-0.15, -0.1) is 0 Å². The van der Waals surface area contributed by atoms with E-state index in [9.17, 15) is 13.2 Å². The van der Waals surface area contributed by atoms with Crippen LogP contribution in [0.4, 0.5) is 13.2 Å². The second-order valence-electron chi connectivity index (χ2n) is 3.25. The Bertz CT molecular complexity index is 237. The summed E-state index contributed by atoms with van der Waals surface area (Å²) in [4.78, 5) is 0. The Kier molecular flexibility index (Phi) is 2.97. The van der Waals surface area contributed by atoms with Crippen molar-refractivity contribution in [3.05, 3.63) is 11.6 Å². The van der Waals surface area contributed by atoms with Gasteiger partial charge in [0, 0.05) is 6.08 Å². The van der Waals surface area contributed by atoms with Crippen molar-refractivity contribution >= 4 is 0 Å². The summed E-state index contributed by atoms with van der Waals surface area (Å²) in [6.45, 7) is 0. The van der Waals surface area contributed by atoms with Gasteiger partial charge in [-0.05, 0) is 25.7 Å². The highest BCUT2D eigenvalue weighted by molar-refractivity contribution is 5.15. The first kappa shape index (κ1) is 10.1. The largest absolute Gasteiger partial charge is 0.391 e. The first-order chi connectivity index (χ1) is 6.04. The maximum Gasteiger partial charge on any atom is 0.391 e. The van der Waals surface area contributed by atoms with Crippen LogP contribution in [0.5, 0.6) is 0 Å². The minimum absolute atomic E-state index is 0.136. The second-order valence-corrected chi connectivity index (χ2v) is 3.25. The minimum Gasteiger partial charge on any atom is -0.193 e. The molecule has 0 amide bonds. The maximum atomic E-state index is 12.2. The van der Waals surface area contributed by atoms with Crippen LogP contribution in [0.3, 0.4) is 0 Å². The average Bonchev–Trinajstić information content (AvgIpc) is 2.04. The van der Waals surface area contributed by atoms with Crippen molar-refractivity contribution < 1.29 is 13.2 Å². The van der Waals surface area contributed by atoms with Crippen LogP contribution in [0.2, 0.25) is 0 Å². The molecule has 0 radical (unpaired) electrons. The lowest BCUT2D eigenvalue weighted by atomic mass is 9.85. The second kappa shape index (κ2) is 3.82. The zero-order valence-corrected chi connectivity index (χ0v) is 7.06. The Hall–Kier alpha value is -0.980. The van der Waals surface area contributed by atoms with Gasteiger partial charge in [0.15, 0.2) is 0 Å². The van der Waals surface area contributed by atoms with E-state index < -0.39 is 12.1 Å². The van der Waals surface area contributed by atoms with Crippen molar-refractivity contribution in [1.29, 1.82) is 5.26 Å². The topological polar surface area (TPSA) is 23.8 Å². The Morgan fingerprint density at radius 1 is 1.31 bits per heavy atom. The van der Waals surface area contributed by atoms with E-state index in [-0.39, 0.29) is 12.8 Å². The summed E-state index contributed by atoms with van der Waals surface area (Å²) in [7, 11) is 0. The van der Waals surface area contributed by atoms with Gasteiger partial charge in [-0.1, -0.05) is 5.57 Å². The van der Waals surface area contributed by atoms with E-state index in [1.165, 1.54) is 6.08 Å². The molecule has 0 N–H and O–H groups in total. The Morgan fingerprint density at radius 2 is 1.85 bits per heavy atom. The fourth-order valence-corrected chi connectivity index (χ4v) is 1.55. The number of nitriles is 1. The molecule has 0 saturated heterocycles. The highest BCUT2D eigenvalue weighted by Gasteiger charge is 2.40. The van der Waals surface area contributed by atoms with Crippen LogP contribution >= 0.6 is 0 Å². The number of allylic oxidation sites excluding steroid dienone is 2. The molecular formula is C9H10F3N. The van der Waals surface area contributed by atoms with Gasteiger partial charge in [0.25, 0.3) is 0 Å². The molecule has 1 aliphatic rings.